The van der Waals surface area contributed by atoms with Gasteiger partial charge in [-0.05, 0) is 12.2 Å². The number of hydrogen-bond donors (Lipinski definition) is 3. The Kier molecular flexibility index (Phi) is 19.8. The Morgan fingerprint density at radius 2 is 1.34 bits per heavy atom. The van der Waals surface area contributed by atoms with E-state index in [1.165, 1.54) is 90.4 Å². The summed E-state index contributed by atoms with van der Waals surface area (Å²) in [7, 11) is -4.50. The highest BCUT2D eigenvalue weighted by Gasteiger charge is 2.18. The van der Waals surface area contributed by atoms with Crippen LogP contribution in [0.5, 0.6) is 0 Å². The fourth-order valence-corrected chi connectivity index (χ4v) is 4.64. The molecule has 1 amide bonds. The van der Waals surface area contributed by atoms with Crippen molar-refractivity contribution in [2.75, 3.05) is 18.1 Å². The van der Waals surface area contributed by atoms with E-state index in [1.54, 1.807) is 11.8 Å². The smallest absolute Gasteiger partial charge is 0.350 e. The van der Waals surface area contributed by atoms with Gasteiger partial charge < -0.3 is 15.1 Å². The summed E-state index contributed by atoms with van der Waals surface area (Å²) < 4.78 is 15.3. The van der Waals surface area contributed by atoms with E-state index in [1.807, 2.05) is 0 Å². The van der Waals surface area contributed by atoms with Crippen LogP contribution in [-0.2, 0) is 13.9 Å². The molecule has 174 valence electrons. The molecule has 29 heavy (non-hydrogen) atoms. The van der Waals surface area contributed by atoms with Gasteiger partial charge >= 0.3 is 7.82 Å². The van der Waals surface area contributed by atoms with Crippen molar-refractivity contribution in [3.63, 3.8) is 0 Å². The number of phosphoric ester groups is 1. The van der Waals surface area contributed by atoms with E-state index in [0.717, 1.165) is 12.2 Å². The van der Waals surface area contributed by atoms with Crippen LogP contribution in [0.2, 0.25) is 0 Å². The molecule has 0 aromatic heterocycles. The summed E-state index contributed by atoms with van der Waals surface area (Å²) in [5, 5.41) is 2.68. The topological polar surface area (TPSA) is 95.9 Å². The molecular weight excluding hydrogens is 409 g/mol. The lowest BCUT2D eigenvalue weighted by Crippen LogP contribution is -2.38. The van der Waals surface area contributed by atoms with Crippen molar-refractivity contribution in [2.24, 2.45) is 0 Å². The maximum absolute atomic E-state index is 11.2. The fourth-order valence-electron chi connectivity index (χ4n) is 3.23. The van der Waals surface area contributed by atoms with Crippen LogP contribution in [0.3, 0.4) is 0 Å². The van der Waals surface area contributed by atoms with Crippen LogP contribution in [0.4, 0.5) is 0 Å². The number of amides is 1. The van der Waals surface area contributed by atoms with Gasteiger partial charge in [-0.3, -0.25) is 9.32 Å². The number of carbonyl (C=O) groups is 1. The van der Waals surface area contributed by atoms with E-state index in [0.29, 0.717) is 5.75 Å². The van der Waals surface area contributed by atoms with Crippen molar-refractivity contribution >= 4 is 25.5 Å². The highest BCUT2D eigenvalue weighted by atomic mass is 32.2. The third-order valence-corrected chi connectivity index (χ3v) is 6.51. The molecule has 0 fully saturated rings. The first-order chi connectivity index (χ1) is 13.8. The molecule has 0 radical (unpaired) electrons. The van der Waals surface area contributed by atoms with Gasteiger partial charge in [0, 0.05) is 12.7 Å². The zero-order valence-electron chi connectivity index (χ0n) is 18.6. The Bertz CT molecular complexity index is 433. The van der Waals surface area contributed by atoms with Crippen LogP contribution < -0.4 is 5.32 Å². The number of nitrogens with one attached hydrogen (secondary N) is 1. The molecule has 1 atom stereocenters. The first-order valence-corrected chi connectivity index (χ1v) is 14.1. The van der Waals surface area contributed by atoms with E-state index >= 15 is 0 Å². The highest BCUT2D eigenvalue weighted by Crippen LogP contribution is 2.35. The molecule has 8 heteroatoms. The van der Waals surface area contributed by atoms with Crippen molar-refractivity contribution in [3.05, 3.63) is 0 Å². The van der Waals surface area contributed by atoms with Crippen LogP contribution in [0.15, 0.2) is 0 Å². The summed E-state index contributed by atoms with van der Waals surface area (Å²) in [6.45, 7) is 3.48. The monoisotopic (exact) mass is 453 g/mol. The molecule has 0 aromatic carbocycles. The molecule has 0 saturated heterocycles. The predicted octanol–water partition coefficient (Wildman–Crippen LogP) is 5.81. The average molecular weight is 454 g/mol. The van der Waals surface area contributed by atoms with Gasteiger partial charge in [-0.1, -0.05) is 90.4 Å². The quantitative estimate of drug-likeness (QED) is 0.150. The van der Waals surface area contributed by atoms with Gasteiger partial charge in [0.15, 0.2) is 0 Å². The zero-order chi connectivity index (χ0) is 21.8. The highest BCUT2D eigenvalue weighted by molar-refractivity contribution is 7.99. The summed E-state index contributed by atoms with van der Waals surface area (Å²) in [5.74, 6) is 1.36. The normalized spacial score (nSPS) is 12.8. The summed E-state index contributed by atoms with van der Waals surface area (Å²) in [4.78, 5) is 28.7. The summed E-state index contributed by atoms with van der Waals surface area (Å²) in [5.41, 5.74) is 0. The average Bonchev–Trinajstić information content (AvgIpc) is 2.64. The van der Waals surface area contributed by atoms with Gasteiger partial charge in [-0.15, -0.1) is 0 Å². The van der Waals surface area contributed by atoms with Gasteiger partial charge in [-0.25, -0.2) is 4.57 Å². The lowest BCUT2D eigenvalue weighted by Gasteiger charge is -2.17. The SMILES string of the molecule is CCCCCCCCCCCCCCCCSCC(COP(=O)(O)O)NC(C)=O. The van der Waals surface area contributed by atoms with Gasteiger partial charge in [0.2, 0.25) is 5.91 Å². The van der Waals surface area contributed by atoms with Gasteiger partial charge in [0.25, 0.3) is 0 Å². The Hall–Kier alpha value is -0.0700. The molecule has 0 aliphatic heterocycles. The first kappa shape index (κ1) is 28.9. The minimum atomic E-state index is -4.50. The van der Waals surface area contributed by atoms with Crippen LogP contribution in [-0.4, -0.2) is 39.8 Å². The standard InChI is InChI=1S/C21H44NO5PS/c1-3-4-5-6-7-8-9-10-11-12-13-14-15-16-17-29-19-21(22-20(2)23)18-27-28(24,25)26/h21H,3-19H2,1-2H3,(H,22,23)(H2,24,25,26). The van der Waals surface area contributed by atoms with Crippen LogP contribution >= 0.6 is 19.6 Å². The molecule has 0 aromatic rings. The van der Waals surface area contributed by atoms with E-state index in [9.17, 15) is 9.36 Å². The molecule has 0 spiro atoms. The van der Waals surface area contributed by atoms with Crippen molar-refractivity contribution in [1.29, 1.82) is 0 Å². The van der Waals surface area contributed by atoms with Crippen LogP contribution in [0.1, 0.15) is 104 Å². The molecule has 3 N–H and O–H groups in total. The van der Waals surface area contributed by atoms with E-state index in [-0.39, 0.29) is 18.6 Å². The summed E-state index contributed by atoms with van der Waals surface area (Å²) in [6.07, 6.45) is 18.7. The molecule has 1 unspecified atom stereocenters. The van der Waals surface area contributed by atoms with Gasteiger partial charge in [0.1, 0.15) is 0 Å². The maximum Gasteiger partial charge on any atom is 0.469 e. The van der Waals surface area contributed by atoms with Crippen molar-refractivity contribution in [1.82, 2.24) is 5.32 Å². The second-order valence-corrected chi connectivity index (χ2v) is 10.2. The van der Waals surface area contributed by atoms with Crippen LogP contribution in [0, 0.1) is 0 Å². The minimum absolute atomic E-state index is 0.171. The number of phosphoric acid groups is 1. The van der Waals surface area contributed by atoms with E-state index in [2.05, 4.69) is 16.8 Å². The molecule has 0 saturated carbocycles. The molecule has 0 bridgehead atoms. The fraction of sp³-hybridized carbons (Fsp3) is 0.952. The summed E-state index contributed by atoms with van der Waals surface area (Å²) >= 11 is 1.69. The van der Waals surface area contributed by atoms with E-state index < -0.39 is 7.82 Å². The number of hydrogen-bond acceptors (Lipinski definition) is 4. The Morgan fingerprint density at radius 1 is 0.897 bits per heavy atom. The number of carbonyl (C=O) groups excluding carboxylic acids is 1. The minimum Gasteiger partial charge on any atom is -0.350 e. The van der Waals surface area contributed by atoms with Gasteiger partial charge in [-0.2, -0.15) is 11.8 Å². The Labute approximate surface area is 182 Å². The number of rotatable bonds is 21. The van der Waals surface area contributed by atoms with Gasteiger partial charge in [0.05, 0.1) is 12.6 Å². The second kappa shape index (κ2) is 19.9. The molecule has 0 rings (SSSR count). The predicted molar refractivity (Wildman–Crippen MR) is 123 cm³/mol. The largest absolute Gasteiger partial charge is 0.469 e. The molecule has 0 aliphatic carbocycles. The summed E-state index contributed by atoms with van der Waals surface area (Å²) in [6, 6.07) is -0.378. The molecule has 0 heterocycles. The van der Waals surface area contributed by atoms with Crippen molar-refractivity contribution in [3.8, 4) is 0 Å². The van der Waals surface area contributed by atoms with Crippen LogP contribution in [0.25, 0.3) is 0 Å². The first-order valence-electron chi connectivity index (χ1n) is 11.4. The second-order valence-electron chi connectivity index (χ2n) is 7.85. The molecule has 6 nitrogen and oxygen atoms in total. The van der Waals surface area contributed by atoms with Crippen molar-refractivity contribution < 1.29 is 23.7 Å². The lowest BCUT2D eigenvalue weighted by molar-refractivity contribution is -0.119. The zero-order valence-corrected chi connectivity index (χ0v) is 20.3. The third-order valence-electron chi connectivity index (χ3n) is 4.81. The van der Waals surface area contributed by atoms with Crippen molar-refractivity contribution in [2.45, 2.75) is 110 Å². The Balaban J connectivity index is 3.45. The Morgan fingerprint density at radius 3 is 1.76 bits per heavy atom. The number of unbranched alkanes of at least 4 members (excludes halogenated alkanes) is 13. The number of thioether (sulfide) groups is 1. The third kappa shape index (κ3) is 24.1. The van der Waals surface area contributed by atoms with E-state index in [4.69, 9.17) is 9.79 Å². The molecular formula is C21H44NO5PS. The maximum atomic E-state index is 11.2. The lowest BCUT2D eigenvalue weighted by atomic mass is 10.0. The molecule has 0 aliphatic rings.